The molecule has 0 heterocycles. The first-order valence-electron chi connectivity index (χ1n) is 8.44. The number of para-hydroxylation sites is 1. The minimum absolute atomic E-state index is 0.204. The van der Waals surface area contributed by atoms with Crippen LogP contribution >= 0.6 is 0 Å². The normalized spacial score (nSPS) is 12.1. The Morgan fingerprint density at radius 2 is 1.31 bits per heavy atom. The van der Waals surface area contributed by atoms with Gasteiger partial charge in [-0.3, -0.25) is 4.31 Å². The second-order valence-electron chi connectivity index (χ2n) is 6.30. The van der Waals surface area contributed by atoms with Gasteiger partial charge in [-0.1, -0.05) is 36.4 Å². The van der Waals surface area contributed by atoms with E-state index in [0.717, 1.165) is 0 Å². The molecule has 0 saturated carbocycles. The van der Waals surface area contributed by atoms with Gasteiger partial charge in [-0.25, -0.2) is 8.42 Å². The molecule has 3 N–H and O–H groups in total. The highest BCUT2D eigenvalue weighted by atomic mass is 32.2. The molecule has 0 aliphatic carbocycles. The molecule has 6 nitrogen and oxygen atoms in total. The fourth-order valence-corrected chi connectivity index (χ4v) is 5.89. The highest BCUT2D eigenvalue weighted by molar-refractivity contribution is 7.92. The summed E-state index contributed by atoms with van der Waals surface area (Å²) in [4.78, 5) is 0.207. The average molecular weight is 396 g/mol. The molecule has 2 rings (SSSR count). The van der Waals surface area contributed by atoms with Crippen molar-refractivity contribution in [2.45, 2.75) is 17.4 Å². The van der Waals surface area contributed by atoms with Crippen LogP contribution in [0.1, 0.15) is 6.42 Å². The monoisotopic (exact) mass is 395 g/mol. The van der Waals surface area contributed by atoms with E-state index >= 15 is 0 Å². The zero-order valence-corrected chi connectivity index (χ0v) is 16.3. The summed E-state index contributed by atoms with van der Waals surface area (Å²) in [7, 11) is -6.31. The van der Waals surface area contributed by atoms with Crippen LogP contribution < -0.4 is 4.31 Å². The summed E-state index contributed by atoms with van der Waals surface area (Å²) in [6.07, 6.45) is -0.237. The van der Waals surface area contributed by atoms with Crippen LogP contribution in [0.2, 0.25) is 6.04 Å². The standard InChI is InChI=1S/C18H25NO5SSi/c20-14-26(15-21,16-22)13-7-12-19(17-8-3-1-4-9-17)25(23,24)18-10-5-2-6-11-18/h1-6,8-11,20-22H,7,12-16H2. The molecule has 0 bridgehead atoms. The van der Waals surface area contributed by atoms with E-state index in [9.17, 15) is 23.7 Å². The molecule has 0 aliphatic rings. The number of aliphatic hydroxyl groups excluding tert-OH is 3. The van der Waals surface area contributed by atoms with E-state index in [2.05, 4.69) is 0 Å². The van der Waals surface area contributed by atoms with Crippen molar-refractivity contribution in [1.82, 2.24) is 0 Å². The van der Waals surface area contributed by atoms with Crippen LogP contribution in [-0.4, -0.2) is 57.0 Å². The molecule has 0 aromatic heterocycles. The van der Waals surface area contributed by atoms with Gasteiger partial charge in [0.1, 0.15) is 8.07 Å². The highest BCUT2D eigenvalue weighted by Crippen LogP contribution is 2.24. The van der Waals surface area contributed by atoms with Crippen molar-refractivity contribution in [3.8, 4) is 0 Å². The van der Waals surface area contributed by atoms with E-state index in [1.807, 2.05) is 6.07 Å². The third-order valence-electron chi connectivity index (χ3n) is 4.45. The number of aliphatic hydroxyl groups is 3. The van der Waals surface area contributed by atoms with E-state index in [4.69, 9.17) is 0 Å². The number of rotatable bonds is 10. The van der Waals surface area contributed by atoms with Crippen molar-refractivity contribution >= 4 is 23.8 Å². The van der Waals surface area contributed by atoms with Gasteiger partial charge in [0.25, 0.3) is 10.0 Å². The minimum Gasteiger partial charge on any atom is -0.399 e. The van der Waals surface area contributed by atoms with Gasteiger partial charge in [0.15, 0.2) is 0 Å². The first-order valence-corrected chi connectivity index (χ1v) is 12.7. The van der Waals surface area contributed by atoms with Gasteiger partial charge in [-0.15, -0.1) is 0 Å². The van der Waals surface area contributed by atoms with Gasteiger partial charge in [0.05, 0.1) is 10.6 Å². The molecule has 26 heavy (non-hydrogen) atoms. The lowest BCUT2D eigenvalue weighted by atomic mass is 10.3. The zero-order valence-electron chi connectivity index (χ0n) is 14.5. The molecule has 0 fully saturated rings. The molecule has 0 spiro atoms. The Balaban J connectivity index is 2.26. The lowest BCUT2D eigenvalue weighted by molar-refractivity contribution is 0.286. The van der Waals surface area contributed by atoms with Crippen LogP contribution in [0.15, 0.2) is 65.6 Å². The van der Waals surface area contributed by atoms with Crippen LogP contribution in [0.3, 0.4) is 0 Å². The van der Waals surface area contributed by atoms with Gasteiger partial charge in [0.2, 0.25) is 0 Å². The summed E-state index contributed by atoms with van der Waals surface area (Å²) >= 11 is 0. The fourth-order valence-electron chi connectivity index (χ4n) is 2.69. The van der Waals surface area contributed by atoms with Crippen molar-refractivity contribution in [1.29, 1.82) is 0 Å². The maximum Gasteiger partial charge on any atom is 0.264 e. The van der Waals surface area contributed by atoms with Gasteiger partial charge < -0.3 is 15.3 Å². The van der Waals surface area contributed by atoms with E-state index in [0.29, 0.717) is 18.2 Å². The molecular formula is C18H25NO5SSi. The highest BCUT2D eigenvalue weighted by Gasteiger charge is 2.32. The fraction of sp³-hybridized carbons (Fsp3) is 0.333. The third-order valence-corrected chi connectivity index (χ3v) is 9.72. The smallest absolute Gasteiger partial charge is 0.264 e. The molecule has 0 unspecified atom stereocenters. The summed E-state index contributed by atoms with van der Waals surface area (Å²) in [5, 5.41) is 28.5. The second kappa shape index (κ2) is 9.29. The molecule has 0 saturated heterocycles. The molecular weight excluding hydrogens is 370 g/mol. The van der Waals surface area contributed by atoms with Crippen LogP contribution in [0.4, 0.5) is 5.69 Å². The Morgan fingerprint density at radius 1 is 0.808 bits per heavy atom. The number of nitrogens with zero attached hydrogens (tertiary/aromatic N) is 1. The number of anilines is 1. The van der Waals surface area contributed by atoms with Crippen molar-refractivity contribution in [3.05, 3.63) is 60.7 Å². The molecule has 2 aromatic carbocycles. The van der Waals surface area contributed by atoms with E-state index in [1.165, 1.54) is 4.31 Å². The Morgan fingerprint density at radius 3 is 1.81 bits per heavy atom. The lowest BCUT2D eigenvalue weighted by Gasteiger charge is -2.28. The number of benzene rings is 2. The Labute approximate surface area is 155 Å². The van der Waals surface area contributed by atoms with Crippen LogP contribution in [0.5, 0.6) is 0 Å². The van der Waals surface area contributed by atoms with Crippen molar-refractivity contribution in [2.24, 2.45) is 0 Å². The number of hydrogen-bond acceptors (Lipinski definition) is 5. The number of hydrogen-bond donors (Lipinski definition) is 3. The summed E-state index contributed by atoms with van der Waals surface area (Å²) in [5.41, 5.74) is 0.556. The molecule has 8 heteroatoms. The molecule has 0 amide bonds. The van der Waals surface area contributed by atoms with Gasteiger partial charge in [-0.2, -0.15) is 0 Å². The summed E-state index contributed by atoms with van der Waals surface area (Å²) in [5.74, 6) is 0. The topological polar surface area (TPSA) is 98.1 Å². The van der Waals surface area contributed by atoms with E-state index in [1.54, 1.807) is 54.6 Å². The Bertz CT molecular complexity index is 758. The molecule has 142 valence electrons. The largest absolute Gasteiger partial charge is 0.399 e. The summed E-state index contributed by atoms with van der Waals surface area (Å²) in [6, 6.07) is 17.5. The van der Waals surface area contributed by atoms with Gasteiger partial charge >= 0.3 is 0 Å². The first kappa shape index (κ1) is 20.6. The van der Waals surface area contributed by atoms with E-state index < -0.39 is 18.1 Å². The SMILES string of the molecule is O=S(=O)(c1ccccc1)N(CCC[Si](CO)(CO)CO)c1ccccc1. The minimum atomic E-state index is -3.73. The predicted molar refractivity (Wildman–Crippen MR) is 104 cm³/mol. The zero-order chi connectivity index (χ0) is 19.0. The molecule has 0 atom stereocenters. The summed E-state index contributed by atoms with van der Waals surface area (Å²) < 4.78 is 27.5. The Kier molecular flexibility index (Phi) is 7.36. The van der Waals surface area contributed by atoms with Crippen molar-refractivity contribution in [3.63, 3.8) is 0 Å². The maximum absolute atomic E-state index is 13.1. The summed E-state index contributed by atoms with van der Waals surface area (Å²) in [6.45, 7) is 0.204. The quantitative estimate of drug-likeness (QED) is 0.527. The van der Waals surface area contributed by atoms with Crippen LogP contribution in [0.25, 0.3) is 0 Å². The molecule has 0 aliphatic heterocycles. The lowest BCUT2D eigenvalue weighted by Crippen LogP contribution is -2.48. The van der Waals surface area contributed by atoms with Gasteiger partial charge in [-0.05, 0) is 36.7 Å². The predicted octanol–water partition coefficient (Wildman–Crippen LogP) is 1.32. The Hall–Kier alpha value is -1.71. The molecule has 0 radical (unpaired) electrons. The van der Waals surface area contributed by atoms with Gasteiger partial charge in [0, 0.05) is 25.2 Å². The van der Waals surface area contributed by atoms with E-state index in [-0.39, 0.29) is 30.1 Å². The average Bonchev–Trinajstić information content (AvgIpc) is 2.70. The van der Waals surface area contributed by atoms with Crippen LogP contribution in [-0.2, 0) is 10.0 Å². The second-order valence-corrected chi connectivity index (χ2v) is 12.6. The van der Waals surface area contributed by atoms with Crippen LogP contribution in [0, 0.1) is 0 Å². The number of sulfonamides is 1. The maximum atomic E-state index is 13.1. The molecule has 2 aromatic rings. The van der Waals surface area contributed by atoms with Crippen molar-refractivity contribution in [2.75, 3.05) is 29.5 Å². The first-order chi connectivity index (χ1) is 12.5. The van der Waals surface area contributed by atoms with Crippen molar-refractivity contribution < 1.29 is 23.7 Å². The third kappa shape index (κ3) is 4.71.